The summed E-state index contributed by atoms with van der Waals surface area (Å²) in [5, 5.41) is 10.8. The molecule has 25 heavy (non-hydrogen) atoms. The van der Waals surface area contributed by atoms with Crippen LogP contribution in [-0.4, -0.2) is 41.5 Å². The Labute approximate surface area is 154 Å². The minimum atomic E-state index is -0.344. The number of para-hydroxylation sites is 1. The summed E-state index contributed by atoms with van der Waals surface area (Å²) in [7, 11) is 1.33. The lowest BCUT2D eigenvalue weighted by Crippen LogP contribution is -2.20. The van der Waals surface area contributed by atoms with E-state index >= 15 is 0 Å². The molecule has 1 aromatic carbocycles. The van der Waals surface area contributed by atoms with E-state index in [0.717, 1.165) is 5.56 Å². The fraction of sp³-hybridized carbons (Fsp3) is 0.375. The number of nitrogens with one attached hydrogen (secondary N) is 1. The van der Waals surface area contributed by atoms with Gasteiger partial charge in [-0.3, -0.25) is 14.9 Å². The van der Waals surface area contributed by atoms with Crippen LogP contribution in [0.15, 0.2) is 28.6 Å². The molecule has 1 heterocycles. The molecule has 1 aromatic heterocycles. The van der Waals surface area contributed by atoms with E-state index in [2.05, 4.69) is 34.1 Å². The lowest BCUT2D eigenvalue weighted by molar-refractivity contribution is -0.137. The molecule has 9 heteroatoms. The van der Waals surface area contributed by atoms with Crippen LogP contribution in [0.4, 0.5) is 5.13 Å². The Morgan fingerprint density at radius 3 is 2.76 bits per heavy atom. The summed E-state index contributed by atoms with van der Waals surface area (Å²) in [4.78, 5) is 23.1. The van der Waals surface area contributed by atoms with Gasteiger partial charge in [0.2, 0.25) is 5.13 Å². The average Bonchev–Trinajstić information content (AvgIpc) is 3.05. The van der Waals surface area contributed by atoms with Gasteiger partial charge in [-0.15, -0.1) is 10.2 Å². The number of carbonyl (C=O) groups is 2. The fourth-order valence-electron chi connectivity index (χ4n) is 1.89. The van der Waals surface area contributed by atoms with Crippen LogP contribution in [0.5, 0.6) is 5.75 Å². The summed E-state index contributed by atoms with van der Waals surface area (Å²) in [6, 6.07) is 7.63. The molecule has 7 nitrogen and oxygen atoms in total. The quantitative estimate of drug-likeness (QED) is 0.427. The highest BCUT2D eigenvalue weighted by Crippen LogP contribution is 2.27. The molecule has 1 amide bonds. The summed E-state index contributed by atoms with van der Waals surface area (Å²) >= 11 is 2.39. The second-order valence-corrected chi connectivity index (χ2v) is 7.47. The Hall–Kier alpha value is -2.13. The first kappa shape index (κ1) is 19.2. The number of carbonyl (C=O) groups excluding carboxylic acids is 2. The normalized spacial score (nSPS) is 10.6. The lowest BCUT2D eigenvalue weighted by Gasteiger charge is -2.13. The smallest absolute Gasteiger partial charge is 0.316 e. The van der Waals surface area contributed by atoms with Gasteiger partial charge in [-0.05, 0) is 17.5 Å². The van der Waals surface area contributed by atoms with Gasteiger partial charge in [0.15, 0.2) is 10.9 Å². The van der Waals surface area contributed by atoms with Crippen LogP contribution in [0.25, 0.3) is 0 Å². The number of esters is 1. The van der Waals surface area contributed by atoms with Crippen LogP contribution >= 0.6 is 23.1 Å². The Morgan fingerprint density at radius 2 is 2.04 bits per heavy atom. The predicted molar refractivity (Wildman–Crippen MR) is 97.3 cm³/mol. The van der Waals surface area contributed by atoms with Crippen molar-refractivity contribution in [3.05, 3.63) is 29.8 Å². The van der Waals surface area contributed by atoms with E-state index in [-0.39, 0.29) is 24.2 Å². The number of amides is 1. The van der Waals surface area contributed by atoms with Gasteiger partial charge in [-0.1, -0.05) is 55.1 Å². The zero-order chi connectivity index (χ0) is 18.2. The number of nitrogens with zero attached hydrogens (tertiary/aromatic N) is 2. The van der Waals surface area contributed by atoms with E-state index in [9.17, 15) is 9.59 Å². The number of anilines is 1. The lowest BCUT2D eigenvalue weighted by atomic mass is 10.0. The number of hydrogen-bond acceptors (Lipinski definition) is 8. The average molecular weight is 381 g/mol. The molecule has 0 unspecified atom stereocenters. The number of benzene rings is 1. The van der Waals surface area contributed by atoms with E-state index in [0.29, 0.717) is 21.1 Å². The van der Waals surface area contributed by atoms with Crippen molar-refractivity contribution < 1.29 is 19.1 Å². The molecule has 0 aliphatic heterocycles. The second-order valence-electron chi connectivity index (χ2n) is 5.27. The maximum Gasteiger partial charge on any atom is 0.316 e. The van der Waals surface area contributed by atoms with Crippen LogP contribution in [0.3, 0.4) is 0 Å². The van der Waals surface area contributed by atoms with E-state index in [1.54, 1.807) is 0 Å². The highest BCUT2D eigenvalue weighted by atomic mass is 32.2. The zero-order valence-electron chi connectivity index (χ0n) is 14.1. The first-order chi connectivity index (χ1) is 12.0. The SMILES string of the molecule is COC(=O)CSc1nnc(NC(=O)COc2ccccc2C(C)C)s1. The third-order valence-electron chi connectivity index (χ3n) is 3.09. The van der Waals surface area contributed by atoms with Crippen molar-refractivity contribution in [2.75, 3.05) is 24.8 Å². The number of thioether (sulfide) groups is 1. The van der Waals surface area contributed by atoms with Crippen molar-refractivity contribution >= 4 is 40.1 Å². The highest BCUT2D eigenvalue weighted by Gasteiger charge is 2.12. The van der Waals surface area contributed by atoms with E-state index in [4.69, 9.17) is 4.74 Å². The third kappa shape index (κ3) is 6.02. The molecule has 0 fully saturated rings. The van der Waals surface area contributed by atoms with Crippen molar-refractivity contribution in [3.63, 3.8) is 0 Å². The Bertz CT molecular complexity index is 734. The Morgan fingerprint density at radius 1 is 1.28 bits per heavy atom. The van der Waals surface area contributed by atoms with Gasteiger partial charge in [0.05, 0.1) is 12.9 Å². The van der Waals surface area contributed by atoms with E-state index in [1.165, 1.54) is 30.2 Å². The Balaban J connectivity index is 1.85. The minimum absolute atomic E-state index is 0.117. The van der Waals surface area contributed by atoms with Gasteiger partial charge in [-0.2, -0.15) is 0 Å². The molecular formula is C16H19N3O4S2. The largest absolute Gasteiger partial charge is 0.483 e. The fourth-order valence-corrected chi connectivity index (χ4v) is 3.49. The number of ether oxygens (including phenoxy) is 2. The summed E-state index contributed by atoms with van der Waals surface area (Å²) in [5.74, 6) is 0.479. The van der Waals surface area contributed by atoms with E-state index < -0.39 is 0 Å². The van der Waals surface area contributed by atoms with Crippen LogP contribution < -0.4 is 10.1 Å². The molecule has 0 saturated heterocycles. The summed E-state index contributed by atoms with van der Waals surface area (Å²) in [5.41, 5.74) is 1.05. The molecule has 0 spiro atoms. The van der Waals surface area contributed by atoms with Crippen molar-refractivity contribution in [1.82, 2.24) is 10.2 Å². The van der Waals surface area contributed by atoms with Crippen molar-refractivity contribution in [1.29, 1.82) is 0 Å². The number of rotatable bonds is 8. The monoisotopic (exact) mass is 381 g/mol. The predicted octanol–water partition coefficient (Wildman–Crippen LogP) is 2.94. The molecular weight excluding hydrogens is 362 g/mol. The van der Waals surface area contributed by atoms with Crippen molar-refractivity contribution in [2.24, 2.45) is 0 Å². The molecule has 0 bridgehead atoms. The van der Waals surface area contributed by atoms with Gasteiger partial charge in [0.1, 0.15) is 5.75 Å². The molecule has 0 aliphatic carbocycles. The molecule has 0 saturated carbocycles. The Kier molecular flexibility index (Phi) is 7.20. The van der Waals surface area contributed by atoms with E-state index in [1.807, 2.05) is 24.3 Å². The molecule has 1 N–H and O–H groups in total. The molecule has 0 atom stereocenters. The maximum absolute atomic E-state index is 12.0. The summed E-state index contributed by atoms with van der Waals surface area (Å²) in [6.07, 6.45) is 0. The van der Waals surface area contributed by atoms with Gasteiger partial charge < -0.3 is 9.47 Å². The van der Waals surface area contributed by atoms with Crippen LogP contribution in [0.2, 0.25) is 0 Å². The summed E-state index contributed by atoms with van der Waals surface area (Å²) < 4.78 is 10.7. The molecule has 0 aliphatic rings. The molecule has 0 radical (unpaired) electrons. The standard InChI is InChI=1S/C16H19N3O4S2/c1-10(2)11-6-4-5-7-12(11)23-8-13(20)17-15-18-19-16(25-15)24-9-14(21)22-3/h4-7,10H,8-9H2,1-3H3,(H,17,18,20). The molecule has 2 aromatic rings. The highest BCUT2D eigenvalue weighted by molar-refractivity contribution is 8.01. The number of methoxy groups -OCH3 is 1. The minimum Gasteiger partial charge on any atom is -0.483 e. The maximum atomic E-state index is 12.0. The van der Waals surface area contributed by atoms with Crippen LogP contribution in [0.1, 0.15) is 25.3 Å². The number of aromatic nitrogens is 2. The van der Waals surface area contributed by atoms with Crippen molar-refractivity contribution in [2.45, 2.75) is 24.1 Å². The molecule has 134 valence electrons. The first-order valence-corrected chi connectivity index (χ1v) is 9.34. The first-order valence-electron chi connectivity index (χ1n) is 7.54. The van der Waals surface area contributed by atoms with Gasteiger partial charge in [0, 0.05) is 0 Å². The van der Waals surface area contributed by atoms with Crippen LogP contribution in [-0.2, 0) is 14.3 Å². The topological polar surface area (TPSA) is 90.4 Å². The second kappa shape index (κ2) is 9.38. The third-order valence-corrected chi connectivity index (χ3v) is 5.04. The van der Waals surface area contributed by atoms with Crippen molar-refractivity contribution in [3.8, 4) is 5.75 Å². The van der Waals surface area contributed by atoms with Crippen LogP contribution in [0, 0.1) is 0 Å². The summed E-state index contributed by atoms with van der Waals surface area (Å²) in [6.45, 7) is 4.02. The van der Waals surface area contributed by atoms with Gasteiger partial charge in [0.25, 0.3) is 5.91 Å². The zero-order valence-corrected chi connectivity index (χ0v) is 15.8. The molecule has 2 rings (SSSR count). The number of hydrogen-bond donors (Lipinski definition) is 1. The van der Waals surface area contributed by atoms with Gasteiger partial charge >= 0.3 is 5.97 Å². The van der Waals surface area contributed by atoms with Gasteiger partial charge in [-0.25, -0.2) is 0 Å².